The Kier molecular flexibility index (Phi) is 6.84. The first-order valence-electron chi connectivity index (χ1n) is 8.48. The van der Waals surface area contributed by atoms with Crippen molar-refractivity contribution in [2.45, 2.75) is 17.2 Å². The van der Waals surface area contributed by atoms with E-state index < -0.39 is 22.1 Å². The van der Waals surface area contributed by atoms with Gasteiger partial charge in [0.2, 0.25) is 5.91 Å². The molecule has 2 aromatic carbocycles. The Morgan fingerprint density at radius 1 is 0.966 bits per heavy atom. The van der Waals surface area contributed by atoms with E-state index in [9.17, 15) is 9.59 Å². The van der Waals surface area contributed by atoms with Crippen molar-refractivity contribution in [1.82, 2.24) is 5.32 Å². The Balaban J connectivity index is 1.85. The number of nitrogens with one attached hydrogen (secondary N) is 2. The van der Waals surface area contributed by atoms with Crippen molar-refractivity contribution in [2.24, 2.45) is 5.92 Å². The highest BCUT2D eigenvalue weighted by molar-refractivity contribution is 6.53. The fourth-order valence-electron chi connectivity index (χ4n) is 3.11. The van der Waals surface area contributed by atoms with Gasteiger partial charge in [0.05, 0.1) is 27.2 Å². The number of anilines is 1. The number of hydrogen-bond acceptors (Lipinski definition) is 2. The molecule has 0 aromatic heterocycles. The summed E-state index contributed by atoms with van der Waals surface area (Å²) in [7, 11) is 0. The normalized spacial score (nSPS) is 19.6. The predicted molar refractivity (Wildman–Crippen MR) is 120 cm³/mol. The van der Waals surface area contributed by atoms with Crippen LogP contribution in [0.1, 0.15) is 28.8 Å². The Labute approximate surface area is 197 Å². The third kappa shape index (κ3) is 4.73. The third-order valence-electron chi connectivity index (χ3n) is 4.48. The minimum Gasteiger partial charge on any atom is -0.352 e. The van der Waals surface area contributed by atoms with Crippen molar-refractivity contribution >= 4 is 87.1 Å². The average Bonchev–Trinajstić information content (AvgIpc) is 3.19. The first kappa shape index (κ1) is 22.8. The van der Waals surface area contributed by atoms with Gasteiger partial charge >= 0.3 is 0 Å². The number of carbonyl (C=O) groups is 2. The van der Waals surface area contributed by atoms with Crippen LogP contribution in [0.3, 0.4) is 0 Å². The second-order valence-electron chi connectivity index (χ2n) is 6.49. The average molecular weight is 515 g/mol. The zero-order valence-electron chi connectivity index (χ0n) is 14.8. The van der Waals surface area contributed by atoms with Crippen molar-refractivity contribution in [2.75, 3.05) is 11.9 Å². The maximum Gasteiger partial charge on any atom is 0.252 e. The molecule has 154 valence electrons. The molecular formula is C19H14Cl6N2O2. The van der Waals surface area contributed by atoms with Gasteiger partial charge < -0.3 is 10.6 Å². The zero-order valence-corrected chi connectivity index (χ0v) is 19.4. The maximum atomic E-state index is 12.8. The quantitative estimate of drug-likeness (QED) is 0.443. The molecule has 1 aliphatic carbocycles. The van der Waals surface area contributed by atoms with Crippen LogP contribution < -0.4 is 10.6 Å². The van der Waals surface area contributed by atoms with Crippen molar-refractivity contribution in [3.63, 3.8) is 0 Å². The molecule has 0 radical (unpaired) electrons. The summed E-state index contributed by atoms with van der Waals surface area (Å²) in [5.41, 5.74) is 1.06. The van der Waals surface area contributed by atoms with E-state index in [0.717, 1.165) is 0 Å². The summed E-state index contributed by atoms with van der Waals surface area (Å²) in [4.78, 5) is 25.0. The van der Waals surface area contributed by atoms with Gasteiger partial charge in [-0.05, 0) is 42.8 Å². The molecule has 2 unspecified atom stereocenters. The fourth-order valence-corrected chi connectivity index (χ4v) is 4.99. The van der Waals surface area contributed by atoms with Crippen molar-refractivity contribution in [3.8, 4) is 0 Å². The van der Waals surface area contributed by atoms with Gasteiger partial charge in [-0.2, -0.15) is 0 Å². The lowest BCUT2D eigenvalue weighted by Crippen LogP contribution is -2.23. The van der Waals surface area contributed by atoms with Gasteiger partial charge in [-0.3, -0.25) is 9.59 Å². The van der Waals surface area contributed by atoms with Crippen LogP contribution in [0.4, 0.5) is 5.69 Å². The third-order valence-corrected chi connectivity index (χ3v) is 6.48. The summed E-state index contributed by atoms with van der Waals surface area (Å²) in [5.74, 6) is -2.11. The first-order chi connectivity index (χ1) is 13.6. The number of hydrogen-bond donors (Lipinski definition) is 2. The Morgan fingerprint density at radius 3 is 2.17 bits per heavy atom. The molecule has 1 fully saturated rings. The fraction of sp³-hybridized carbons (Fsp3) is 0.263. The number of rotatable bonds is 5. The van der Waals surface area contributed by atoms with Gasteiger partial charge in [-0.25, -0.2) is 0 Å². The zero-order chi connectivity index (χ0) is 21.5. The summed E-state index contributed by atoms with van der Waals surface area (Å²) >= 11 is 37.1. The molecule has 3 rings (SSSR count). The van der Waals surface area contributed by atoms with E-state index in [-0.39, 0.29) is 27.2 Å². The molecule has 29 heavy (non-hydrogen) atoms. The molecule has 0 heterocycles. The summed E-state index contributed by atoms with van der Waals surface area (Å²) in [5, 5.41) is 6.49. The number of carbonyl (C=O) groups excluding carboxylic acids is 2. The molecule has 0 spiro atoms. The molecule has 10 heteroatoms. The Bertz CT molecular complexity index is 975. The topological polar surface area (TPSA) is 58.2 Å². The minimum absolute atomic E-state index is 0.167. The maximum absolute atomic E-state index is 12.8. The lowest BCUT2D eigenvalue weighted by atomic mass is 10.1. The van der Waals surface area contributed by atoms with Crippen LogP contribution in [0.15, 0.2) is 30.3 Å². The van der Waals surface area contributed by atoms with Gasteiger partial charge in [0.1, 0.15) is 4.33 Å². The van der Waals surface area contributed by atoms with E-state index >= 15 is 0 Å². The van der Waals surface area contributed by atoms with Crippen LogP contribution in [0.5, 0.6) is 0 Å². The highest BCUT2D eigenvalue weighted by Crippen LogP contribution is 2.65. The van der Waals surface area contributed by atoms with Gasteiger partial charge in [0.25, 0.3) is 5.91 Å². The van der Waals surface area contributed by atoms with Crippen LogP contribution >= 0.6 is 69.6 Å². The molecule has 0 aliphatic heterocycles. The first-order valence-corrected chi connectivity index (χ1v) is 10.7. The molecule has 1 aliphatic rings. The SMILES string of the molecule is CCNC(=O)c1cc(NC(=O)C2C(c3cc(Cl)cc(Cl)c3)C2(Cl)Cl)c(Cl)cc1Cl. The smallest absolute Gasteiger partial charge is 0.252 e. The van der Waals surface area contributed by atoms with Crippen LogP contribution in [0, 0.1) is 5.92 Å². The van der Waals surface area contributed by atoms with Crippen LogP contribution in [-0.2, 0) is 4.79 Å². The van der Waals surface area contributed by atoms with Gasteiger partial charge in [-0.1, -0.05) is 46.4 Å². The van der Waals surface area contributed by atoms with Gasteiger partial charge in [-0.15, -0.1) is 23.2 Å². The largest absolute Gasteiger partial charge is 0.352 e. The van der Waals surface area contributed by atoms with Gasteiger partial charge in [0, 0.05) is 22.5 Å². The Hall–Kier alpha value is -0.880. The molecule has 0 bridgehead atoms. The number of alkyl halides is 2. The number of benzene rings is 2. The Morgan fingerprint density at radius 2 is 1.59 bits per heavy atom. The van der Waals surface area contributed by atoms with E-state index in [4.69, 9.17) is 69.6 Å². The van der Waals surface area contributed by atoms with Crippen LogP contribution in [0.2, 0.25) is 20.1 Å². The van der Waals surface area contributed by atoms with Crippen LogP contribution in [-0.4, -0.2) is 22.7 Å². The van der Waals surface area contributed by atoms with E-state index in [0.29, 0.717) is 22.2 Å². The van der Waals surface area contributed by atoms with Crippen LogP contribution in [0.25, 0.3) is 0 Å². The summed E-state index contributed by atoms with van der Waals surface area (Å²) < 4.78 is -1.33. The summed E-state index contributed by atoms with van der Waals surface area (Å²) in [6.07, 6.45) is 0. The molecule has 2 N–H and O–H groups in total. The minimum atomic E-state index is -1.33. The molecule has 2 aromatic rings. The van der Waals surface area contributed by atoms with Crippen molar-refractivity contribution in [1.29, 1.82) is 0 Å². The predicted octanol–water partition coefficient (Wildman–Crippen LogP) is 6.58. The van der Waals surface area contributed by atoms with E-state index in [1.54, 1.807) is 25.1 Å². The molecule has 2 atom stereocenters. The van der Waals surface area contributed by atoms with Gasteiger partial charge in [0.15, 0.2) is 0 Å². The lowest BCUT2D eigenvalue weighted by molar-refractivity contribution is -0.117. The van der Waals surface area contributed by atoms with E-state index in [2.05, 4.69) is 10.6 Å². The molecule has 2 amide bonds. The second kappa shape index (κ2) is 8.70. The van der Waals surface area contributed by atoms with E-state index in [1.165, 1.54) is 12.1 Å². The highest BCUT2D eigenvalue weighted by atomic mass is 35.5. The monoisotopic (exact) mass is 512 g/mol. The number of amides is 2. The number of halogens is 6. The second-order valence-corrected chi connectivity index (χ2v) is 9.62. The summed E-state index contributed by atoms with van der Waals surface area (Å²) in [6, 6.07) is 7.69. The van der Waals surface area contributed by atoms with Crippen molar-refractivity contribution in [3.05, 3.63) is 61.5 Å². The van der Waals surface area contributed by atoms with E-state index in [1.807, 2.05) is 0 Å². The molecule has 1 saturated carbocycles. The lowest BCUT2D eigenvalue weighted by Gasteiger charge is -2.11. The van der Waals surface area contributed by atoms with Crippen molar-refractivity contribution < 1.29 is 9.59 Å². The molecule has 4 nitrogen and oxygen atoms in total. The standard InChI is InChI=1S/C19H14Cl6N2O2/c1-2-26-17(28)11-6-14(13(23)7-12(11)22)27-18(29)16-15(19(16,24)25)8-3-9(20)5-10(21)4-8/h3-7,15-16H,2H2,1H3,(H,26,28)(H,27,29). The highest BCUT2D eigenvalue weighted by Gasteiger charge is 2.67. The summed E-state index contributed by atoms with van der Waals surface area (Å²) in [6.45, 7) is 2.20. The molecule has 0 saturated heterocycles. The molecular weight excluding hydrogens is 501 g/mol.